The molecule has 5 rings (SSSR count). The Labute approximate surface area is 198 Å². The highest BCUT2D eigenvalue weighted by Crippen LogP contribution is 2.52. The van der Waals surface area contributed by atoms with Crippen LogP contribution in [0.25, 0.3) is 0 Å². The van der Waals surface area contributed by atoms with Crippen LogP contribution in [0.2, 0.25) is 0 Å². The van der Waals surface area contributed by atoms with Gasteiger partial charge in [-0.1, -0.05) is 0 Å². The molecule has 8 nitrogen and oxygen atoms in total. The van der Waals surface area contributed by atoms with Crippen LogP contribution >= 0.6 is 0 Å². The van der Waals surface area contributed by atoms with E-state index in [1.165, 1.54) is 0 Å². The predicted octanol–water partition coefficient (Wildman–Crippen LogP) is 1.50. The summed E-state index contributed by atoms with van der Waals surface area (Å²) >= 11 is 0. The average molecular weight is 516 g/mol. The first kappa shape index (κ1) is 26.4. The Bertz CT molecular complexity index is 773. The molecule has 14 heteroatoms. The van der Waals surface area contributed by atoms with Crippen LogP contribution in [0.3, 0.4) is 0 Å². The van der Waals surface area contributed by atoms with E-state index < -0.39 is 42.4 Å². The van der Waals surface area contributed by atoms with Gasteiger partial charge in [0.15, 0.2) is 0 Å². The van der Waals surface area contributed by atoms with Gasteiger partial charge in [-0.3, -0.25) is 14.3 Å². The molecule has 5 aliphatic rings. The number of hydrogen-bond acceptors (Lipinski definition) is 6. The molecule has 0 aromatic rings. The van der Waals surface area contributed by atoms with Gasteiger partial charge in [-0.15, -0.1) is 13.2 Å². The number of halogens is 6. The van der Waals surface area contributed by atoms with Gasteiger partial charge in [-0.2, -0.15) is 13.2 Å². The summed E-state index contributed by atoms with van der Waals surface area (Å²) < 4.78 is 84.6. The zero-order valence-corrected chi connectivity index (χ0v) is 18.9. The zero-order chi connectivity index (χ0) is 25.4. The van der Waals surface area contributed by atoms with E-state index in [0.717, 1.165) is 0 Å². The molecule has 2 heterocycles. The molecule has 4 unspecified atom stereocenters. The van der Waals surface area contributed by atoms with Gasteiger partial charge in [0.2, 0.25) is 11.8 Å². The van der Waals surface area contributed by atoms with Gasteiger partial charge < -0.3 is 26.0 Å². The highest BCUT2D eigenvalue weighted by atomic mass is 19.4. The second-order valence-corrected chi connectivity index (χ2v) is 10.1. The molecule has 2 amide bonds. The van der Waals surface area contributed by atoms with Crippen LogP contribution in [-0.4, -0.2) is 79.9 Å². The van der Waals surface area contributed by atoms with Crippen LogP contribution < -0.4 is 21.3 Å². The fourth-order valence-electron chi connectivity index (χ4n) is 5.69. The fourth-order valence-corrected chi connectivity index (χ4v) is 5.69. The molecule has 5 atom stereocenters. The average Bonchev–Trinajstić information content (AvgIpc) is 3.24. The first-order chi connectivity index (χ1) is 16.3. The van der Waals surface area contributed by atoms with Crippen LogP contribution in [0.1, 0.15) is 44.9 Å². The number of rotatable bonds is 7. The molecular weight excluding hydrogens is 486 g/mol. The summed E-state index contributed by atoms with van der Waals surface area (Å²) in [4.78, 5) is 25.0. The predicted molar refractivity (Wildman–Crippen MR) is 109 cm³/mol. The summed E-state index contributed by atoms with van der Waals surface area (Å²) in [6, 6.07) is -2.29. The number of fused-ring (bicyclic) bond motifs is 1. The van der Waals surface area contributed by atoms with E-state index in [-0.39, 0.29) is 69.2 Å². The first-order valence-electron chi connectivity index (χ1n) is 11.8. The van der Waals surface area contributed by atoms with E-state index in [9.17, 15) is 35.9 Å². The summed E-state index contributed by atoms with van der Waals surface area (Å²) in [5, 5.41) is 11.1. The minimum absolute atomic E-state index is 0.0247. The molecule has 0 spiro atoms. The Kier molecular flexibility index (Phi) is 7.56. The molecule has 200 valence electrons. The van der Waals surface area contributed by atoms with Crippen molar-refractivity contribution in [1.29, 1.82) is 0 Å². The third-order valence-electron chi connectivity index (χ3n) is 7.42. The smallest absolute Gasteiger partial charge is 0.367 e. The summed E-state index contributed by atoms with van der Waals surface area (Å²) in [6.07, 6.45) is -8.10. The van der Waals surface area contributed by atoms with Crippen molar-refractivity contribution in [3.63, 3.8) is 0 Å². The van der Waals surface area contributed by atoms with Crippen molar-refractivity contribution in [3.8, 4) is 0 Å². The molecule has 0 aromatic heterocycles. The van der Waals surface area contributed by atoms with Gasteiger partial charge in [0.05, 0.1) is 18.2 Å². The molecule has 0 aromatic carbocycles. The zero-order valence-electron chi connectivity index (χ0n) is 18.9. The Balaban J connectivity index is 1.14. The van der Waals surface area contributed by atoms with Crippen LogP contribution in [0.5, 0.6) is 0 Å². The molecule has 2 saturated heterocycles. The van der Waals surface area contributed by atoms with Crippen molar-refractivity contribution in [2.75, 3.05) is 19.7 Å². The van der Waals surface area contributed by atoms with Gasteiger partial charge >= 0.3 is 12.5 Å². The molecule has 2 bridgehead atoms. The largest absolute Gasteiger partial charge is 0.522 e. The first-order valence-corrected chi connectivity index (χ1v) is 11.8. The highest BCUT2D eigenvalue weighted by molar-refractivity contribution is 5.83. The Morgan fingerprint density at radius 1 is 0.914 bits per heavy atom. The Hall–Kier alpha value is -1.64. The lowest BCUT2D eigenvalue weighted by atomic mass is 9.76. The number of alkyl halides is 6. The van der Waals surface area contributed by atoms with Crippen molar-refractivity contribution in [2.45, 2.75) is 93.4 Å². The molecule has 3 aliphatic carbocycles. The summed E-state index contributed by atoms with van der Waals surface area (Å²) in [7, 11) is 0. The maximum absolute atomic E-state index is 12.7. The van der Waals surface area contributed by atoms with E-state index in [4.69, 9.17) is 4.74 Å². The molecule has 35 heavy (non-hydrogen) atoms. The second-order valence-electron chi connectivity index (χ2n) is 10.1. The highest BCUT2D eigenvalue weighted by Gasteiger charge is 2.57. The van der Waals surface area contributed by atoms with E-state index >= 15 is 0 Å². The summed E-state index contributed by atoms with van der Waals surface area (Å²) in [6.45, 7) is -0.297. The molecule has 3 saturated carbocycles. The van der Waals surface area contributed by atoms with Crippen LogP contribution in [0.15, 0.2) is 0 Å². The topological polar surface area (TPSA) is 101 Å². The van der Waals surface area contributed by atoms with E-state index in [2.05, 4.69) is 26.0 Å². The normalized spacial score (nSPS) is 37.4. The maximum Gasteiger partial charge on any atom is 0.522 e. The lowest BCUT2D eigenvalue weighted by Crippen LogP contribution is -2.59. The fraction of sp³-hybridized carbons (Fsp3) is 0.905. The monoisotopic (exact) mass is 516 g/mol. The van der Waals surface area contributed by atoms with E-state index in [1.807, 2.05) is 0 Å². The number of hydrogen-bond donors (Lipinski definition) is 4. The lowest BCUT2D eigenvalue weighted by Gasteiger charge is -2.40. The van der Waals surface area contributed by atoms with E-state index in [1.54, 1.807) is 0 Å². The third-order valence-corrected chi connectivity index (χ3v) is 7.42. The minimum Gasteiger partial charge on any atom is -0.367 e. The molecule has 4 N–H and O–H groups in total. The number of piperidine rings is 2. The minimum atomic E-state index is -4.71. The molecular formula is C21H30F6N4O4. The van der Waals surface area contributed by atoms with Gasteiger partial charge in [0.1, 0.15) is 12.6 Å². The summed E-state index contributed by atoms with van der Waals surface area (Å²) in [5.41, 5.74) is -0.443. The number of carbonyl (C=O) groups excluding carboxylic acids is 2. The number of amides is 2. The maximum atomic E-state index is 12.7. The molecule has 5 fully saturated rings. The number of nitrogens with one attached hydrogen (secondary N) is 4. The quantitative estimate of drug-likeness (QED) is 0.383. The second kappa shape index (κ2) is 10.0. The van der Waals surface area contributed by atoms with Crippen molar-refractivity contribution in [1.82, 2.24) is 21.3 Å². The van der Waals surface area contributed by atoms with Gasteiger partial charge in [-0.05, 0) is 50.9 Å². The lowest BCUT2D eigenvalue weighted by molar-refractivity contribution is -0.343. The van der Waals surface area contributed by atoms with Crippen molar-refractivity contribution in [2.24, 2.45) is 5.92 Å². The Morgan fingerprint density at radius 2 is 1.60 bits per heavy atom. The standard InChI is InChI=1S/C21H30F6N4O4/c22-20(23,24)16-4-2-12(8-29-16)34-10-17(32)30-15-7-19(5-11(15)6-19)31-18(33)14-3-1-13(9-28-14)35-21(25,26)27/h11-16,28-29H,1-10H2,(H,30,32)(H,31,33)/t11?,12?,13?,14?,15-,16?,19?/m0/s1. The number of ether oxygens (including phenoxy) is 2. The van der Waals surface area contributed by atoms with Gasteiger partial charge in [-0.25, -0.2) is 0 Å². The molecule has 0 radical (unpaired) electrons. The van der Waals surface area contributed by atoms with E-state index in [0.29, 0.717) is 19.3 Å². The van der Waals surface area contributed by atoms with Gasteiger partial charge in [0.25, 0.3) is 0 Å². The van der Waals surface area contributed by atoms with Crippen LogP contribution in [-0.2, 0) is 19.1 Å². The number of carbonyl (C=O) groups is 2. The van der Waals surface area contributed by atoms with Crippen molar-refractivity contribution in [3.05, 3.63) is 0 Å². The van der Waals surface area contributed by atoms with Crippen LogP contribution in [0, 0.1) is 5.92 Å². The third kappa shape index (κ3) is 6.77. The summed E-state index contributed by atoms with van der Waals surface area (Å²) in [5.74, 6) is -0.426. The van der Waals surface area contributed by atoms with Gasteiger partial charge in [0, 0.05) is 24.7 Å². The van der Waals surface area contributed by atoms with Crippen molar-refractivity contribution >= 4 is 11.8 Å². The van der Waals surface area contributed by atoms with Crippen molar-refractivity contribution < 1.29 is 45.4 Å². The SMILES string of the molecule is O=C(COC1CCC(C(F)(F)F)NC1)N[C@H]1CC2(NC(=O)C3CCC(OC(F)(F)F)CN3)CC1C2. The Morgan fingerprint density at radius 3 is 2.17 bits per heavy atom. The van der Waals surface area contributed by atoms with Crippen LogP contribution in [0.4, 0.5) is 26.3 Å². The molecule has 2 aliphatic heterocycles.